The van der Waals surface area contributed by atoms with Gasteiger partial charge in [0.25, 0.3) is 0 Å². The van der Waals surface area contributed by atoms with Crippen LogP contribution in [0.15, 0.2) is 0 Å². The van der Waals surface area contributed by atoms with E-state index in [0.29, 0.717) is 12.1 Å². The molecule has 3 fully saturated rings. The summed E-state index contributed by atoms with van der Waals surface area (Å²) >= 11 is 0. The molecule has 0 saturated carbocycles. The third-order valence-corrected chi connectivity index (χ3v) is 2.36. The van der Waals surface area contributed by atoms with Crippen LogP contribution in [-0.4, -0.2) is 47.7 Å². The first-order valence-corrected chi connectivity index (χ1v) is 3.94. The Morgan fingerprint density at radius 1 is 1.55 bits per heavy atom. The highest BCUT2D eigenvalue weighted by Crippen LogP contribution is 2.19. The van der Waals surface area contributed by atoms with Crippen molar-refractivity contribution in [3.63, 3.8) is 0 Å². The molecule has 2 atom stereocenters. The number of carboxylic acids is 1. The van der Waals surface area contributed by atoms with Gasteiger partial charge in [-0.1, -0.05) is 0 Å². The van der Waals surface area contributed by atoms with Crippen LogP contribution in [0.5, 0.6) is 0 Å². The number of hydrogen-bond donors (Lipinski definition) is 2. The van der Waals surface area contributed by atoms with Gasteiger partial charge in [0.15, 0.2) is 0 Å². The summed E-state index contributed by atoms with van der Waals surface area (Å²) in [7, 11) is 0. The summed E-state index contributed by atoms with van der Waals surface area (Å²) in [4.78, 5) is 12.3. The summed E-state index contributed by atoms with van der Waals surface area (Å²) in [6.07, 6.45) is 1.23. The van der Waals surface area contributed by atoms with E-state index in [1.807, 2.05) is 4.90 Å². The highest BCUT2D eigenvalue weighted by Gasteiger charge is 2.36. The molecular formula is C7H12N2O2. The summed E-state index contributed by atoms with van der Waals surface area (Å²) in [6, 6.07) is 1.13. The van der Waals surface area contributed by atoms with Crippen molar-refractivity contribution in [3.05, 3.63) is 0 Å². The topological polar surface area (TPSA) is 52.6 Å². The van der Waals surface area contributed by atoms with Gasteiger partial charge in [0.2, 0.25) is 0 Å². The van der Waals surface area contributed by atoms with Crippen molar-refractivity contribution in [3.8, 4) is 0 Å². The number of fused-ring (bicyclic) bond motifs is 2. The summed E-state index contributed by atoms with van der Waals surface area (Å²) in [5, 5.41) is 11.9. The van der Waals surface area contributed by atoms with Crippen molar-refractivity contribution >= 4 is 5.97 Å². The zero-order valence-electron chi connectivity index (χ0n) is 6.29. The summed E-state index contributed by atoms with van der Waals surface area (Å²) < 4.78 is 0. The summed E-state index contributed by atoms with van der Waals surface area (Å²) in [5.74, 6) is -0.716. The van der Waals surface area contributed by atoms with Gasteiger partial charge in [0.1, 0.15) is 0 Å². The Hall–Kier alpha value is -0.610. The molecule has 0 aromatic heterocycles. The average molecular weight is 156 g/mol. The van der Waals surface area contributed by atoms with Crippen molar-refractivity contribution < 1.29 is 9.90 Å². The Morgan fingerprint density at radius 3 is 2.55 bits per heavy atom. The van der Waals surface area contributed by atoms with Gasteiger partial charge in [0.05, 0.1) is 6.54 Å². The van der Waals surface area contributed by atoms with Gasteiger partial charge in [-0.05, 0) is 6.42 Å². The monoisotopic (exact) mass is 156 g/mol. The van der Waals surface area contributed by atoms with Crippen molar-refractivity contribution in [2.24, 2.45) is 0 Å². The molecule has 4 heteroatoms. The molecular weight excluding hydrogens is 144 g/mol. The van der Waals surface area contributed by atoms with E-state index < -0.39 is 5.97 Å². The van der Waals surface area contributed by atoms with Crippen LogP contribution in [0.2, 0.25) is 0 Å². The van der Waals surface area contributed by atoms with E-state index in [9.17, 15) is 4.79 Å². The first-order chi connectivity index (χ1) is 5.24. The van der Waals surface area contributed by atoms with Crippen LogP contribution < -0.4 is 5.32 Å². The number of carbonyl (C=O) groups is 1. The molecule has 3 aliphatic heterocycles. The lowest BCUT2D eigenvalue weighted by molar-refractivity contribution is -0.139. The molecule has 0 aromatic carbocycles. The molecule has 0 aliphatic carbocycles. The van der Waals surface area contributed by atoms with Gasteiger partial charge < -0.3 is 10.4 Å². The Morgan fingerprint density at radius 2 is 2.09 bits per heavy atom. The van der Waals surface area contributed by atoms with E-state index in [2.05, 4.69) is 5.32 Å². The molecule has 3 rings (SSSR count). The lowest BCUT2D eigenvalue weighted by Gasteiger charge is -2.47. The Balaban J connectivity index is 1.83. The van der Waals surface area contributed by atoms with Crippen LogP contribution in [0.25, 0.3) is 0 Å². The maximum Gasteiger partial charge on any atom is 0.317 e. The normalized spacial score (nSPS) is 36.4. The number of rotatable bonds is 2. The predicted molar refractivity (Wildman–Crippen MR) is 39.4 cm³/mol. The second kappa shape index (κ2) is 2.46. The van der Waals surface area contributed by atoms with Crippen molar-refractivity contribution in [2.45, 2.75) is 18.5 Å². The first-order valence-electron chi connectivity index (χ1n) is 3.94. The zero-order valence-corrected chi connectivity index (χ0v) is 6.29. The Labute approximate surface area is 65.2 Å². The van der Waals surface area contributed by atoms with E-state index in [4.69, 9.17) is 5.11 Å². The number of piperazine rings is 1. The van der Waals surface area contributed by atoms with Gasteiger partial charge in [-0.3, -0.25) is 9.69 Å². The maximum atomic E-state index is 10.3. The Bertz CT molecular complexity index is 167. The first kappa shape index (κ1) is 7.06. The van der Waals surface area contributed by atoms with E-state index in [0.717, 1.165) is 13.1 Å². The molecule has 0 amide bonds. The van der Waals surface area contributed by atoms with E-state index in [-0.39, 0.29) is 6.54 Å². The number of nitrogens with one attached hydrogen (secondary N) is 1. The molecule has 2 N–H and O–H groups in total. The van der Waals surface area contributed by atoms with Gasteiger partial charge in [-0.25, -0.2) is 0 Å². The molecule has 0 aromatic rings. The van der Waals surface area contributed by atoms with Gasteiger partial charge >= 0.3 is 5.97 Å². The lowest BCUT2D eigenvalue weighted by atomic mass is 9.91. The van der Waals surface area contributed by atoms with Crippen LogP contribution in [0.4, 0.5) is 0 Å². The number of carboxylic acid groups (broad SMARTS) is 1. The molecule has 4 nitrogen and oxygen atoms in total. The standard InChI is InChI=1S/C7H12N2O2/c10-7(11)4-9-2-5-1-6(3-9)8-5/h5-6,8H,1-4H2,(H,10,11)/t5-,6+. The van der Waals surface area contributed by atoms with E-state index in [1.165, 1.54) is 6.42 Å². The van der Waals surface area contributed by atoms with Crippen molar-refractivity contribution in [2.75, 3.05) is 19.6 Å². The highest BCUT2D eigenvalue weighted by atomic mass is 16.4. The molecule has 3 heterocycles. The smallest absolute Gasteiger partial charge is 0.317 e. The Kier molecular flexibility index (Phi) is 1.58. The van der Waals surface area contributed by atoms with E-state index >= 15 is 0 Å². The van der Waals surface area contributed by atoms with Gasteiger partial charge in [-0.2, -0.15) is 0 Å². The van der Waals surface area contributed by atoms with Gasteiger partial charge in [-0.15, -0.1) is 0 Å². The second-order valence-electron chi connectivity index (χ2n) is 3.38. The fourth-order valence-electron chi connectivity index (χ4n) is 1.93. The van der Waals surface area contributed by atoms with E-state index in [1.54, 1.807) is 0 Å². The van der Waals surface area contributed by atoms with Crippen LogP contribution in [0, 0.1) is 0 Å². The molecule has 11 heavy (non-hydrogen) atoms. The molecule has 0 unspecified atom stereocenters. The third-order valence-electron chi connectivity index (χ3n) is 2.36. The van der Waals surface area contributed by atoms with Crippen LogP contribution in [-0.2, 0) is 4.79 Å². The number of aliphatic carboxylic acids is 1. The molecule has 3 aliphatic rings. The highest BCUT2D eigenvalue weighted by molar-refractivity contribution is 5.69. The third kappa shape index (κ3) is 1.36. The minimum absolute atomic E-state index is 0.203. The van der Waals surface area contributed by atoms with Crippen LogP contribution in [0.3, 0.4) is 0 Å². The van der Waals surface area contributed by atoms with Crippen LogP contribution in [0.1, 0.15) is 6.42 Å². The lowest BCUT2D eigenvalue weighted by Crippen LogP contribution is -2.67. The average Bonchev–Trinajstić information content (AvgIpc) is 1.83. The second-order valence-corrected chi connectivity index (χ2v) is 3.38. The van der Waals surface area contributed by atoms with Crippen molar-refractivity contribution in [1.82, 2.24) is 10.2 Å². The number of piperidine rings is 1. The van der Waals surface area contributed by atoms with Crippen LogP contribution >= 0.6 is 0 Å². The molecule has 0 spiro atoms. The molecule has 3 saturated heterocycles. The number of hydrogen-bond acceptors (Lipinski definition) is 3. The molecule has 62 valence electrons. The fourth-order valence-corrected chi connectivity index (χ4v) is 1.93. The zero-order chi connectivity index (χ0) is 7.84. The minimum atomic E-state index is -0.716. The largest absolute Gasteiger partial charge is 0.480 e. The predicted octanol–water partition coefficient (Wildman–Crippen LogP) is -0.883. The van der Waals surface area contributed by atoms with Gasteiger partial charge in [0, 0.05) is 25.2 Å². The SMILES string of the molecule is O=C(O)CN1C[C@H]2C[C@@H](C1)N2. The summed E-state index contributed by atoms with van der Waals surface area (Å²) in [6.45, 7) is 2.01. The summed E-state index contributed by atoms with van der Waals surface area (Å²) in [5.41, 5.74) is 0. The molecule has 0 radical (unpaired) electrons. The molecule has 2 bridgehead atoms. The fraction of sp³-hybridized carbons (Fsp3) is 0.857. The maximum absolute atomic E-state index is 10.3. The quantitative estimate of drug-likeness (QED) is 0.545. The number of nitrogens with zero attached hydrogens (tertiary/aromatic N) is 1. The van der Waals surface area contributed by atoms with Crippen molar-refractivity contribution in [1.29, 1.82) is 0 Å². The minimum Gasteiger partial charge on any atom is -0.480 e.